The summed E-state index contributed by atoms with van der Waals surface area (Å²) in [4.78, 5) is 12.8. The van der Waals surface area contributed by atoms with Gasteiger partial charge in [0, 0.05) is 34.3 Å². The number of anilines is 1. The van der Waals surface area contributed by atoms with Gasteiger partial charge in [-0.3, -0.25) is 4.79 Å². The smallest absolute Gasteiger partial charge is 0.257 e. The first-order chi connectivity index (χ1) is 12.2. The second kappa shape index (κ2) is 7.56. The third kappa shape index (κ3) is 4.38. The molecular formula is C19H23BrN2O3S. The number of aryl methyl sites for hydroxylation is 1. The molecule has 1 heterocycles. The number of halogens is 1. The van der Waals surface area contributed by atoms with Crippen LogP contribution in [0.2, 0.25) is 0 Å². The maximum atomic E-state index is 12.6. The van der Waals surface area contributed by atoms with Crippen LogP contribution in [-0.4, -0.2) is 25.1 Å². The van der Waals surface area contributed by atoms with E-state index in [2.05, 4.69) is 25.8 Å². The molecule has 1 fully saturated rings. The van der Waals surface area contributed by atoms with E-state index in [1.54, 1.807) is 6.07 Å². The second-order valence-corrected chi connectivity index (χ2v) is 9.90. The van der Waals surface area contributed by atoms with Crippen molar-refractivity contribution in [3.63, 3.8) is 0 Å². The number of hydrogen-bond donors (Lipinski definition) is 1. The van der Waals surface area contributed by atoms with Crippen LogP contribution in [0, 0.1) is 6.92 Å². The number of carbonyl (C=O) groups excluding carboxylic acids is 1. The van der Waals surface area contributed by atoms with E-state index in [9.17, 15) is 13.2 Å². The van der Waals surface area contributed by atoms with E-state index in [0.717, 1.165) is 24.8 Å². The van der Waals surface area contributed by atoms with Crippen molar-refractivity contribution >= 4 is 37.4 Å². The molecule has 1 aliphatic carbocycles. The molecule has 26 heavy (non-hydrogen) atoms. The van der Waals surface area contributed by atoms with Crippen LogP contribution < -0.4 is 5.32 Å². The lowest BCUT2D eigenvalue weighted by Gasteiger charge is -2.24. The van der Waals surface area contributed by atoms with Crippen molar-refractivity contribution in [2.75, 3.05) is 11.6 Å². The second-order valence-electron chi connectivity index (χ2n) is 6.97. The molecule has 1 aromatic carbocycles. The number of aromatic nitrogens is 1. The first-order valence-corrected chi connectivity index (χ1v) is 11.4. The number of carbonyl (C=O) groups is 1. The topological polar surface area (TPSA) is 68.2 Å². The van der Waals surface area contributed by atoms with E-state index in [1.165, 1.54) is 31.4 Å². The van der Waals surface area contributed by atoms with E-state index in [-0.39, 0.29) is 10.8 Å². The summed E-state index contributed by atoms with van der Waals surface area (Å²) >= 11 is 3.30. The molecule has 7 heteroatoms. The number of rotatable bonds is 4. The molecule has 5 nitrogen and oxygen atoms in total. The van der Waals surface area contributed by atoms with Crippen molar-refractivity contribution in [2.24, 2.45) is 0 Å². The standard InChI is InChI=1S/C19H23BrN2O3S/c1-13-8-14(12-22(13)17-6-4-3-5-7-17)19(23)21-16-9-15(20)10-18(11-16)26(2,24)25/h8-12,17H,3-7H2,1-2H3,(H,21,23). The summed E-state index contributed by atoms with van der Waals surface area (Å²) < 4.78 is 26.4. The summed E-state index contributed by atoms with van der Waals surface area (Å²) in [5.74, 6) is -0.236. The molecule has 1 N–H and O–H groups in total. The molecule has 0 unspecified atom stereocenters. The summed E-state index contributed by atoms with van der Waals surface area (Å²) in [7, 11) is -3.35. The first-order valence-electron chi connectivity index (χ1n) is 8.74. The molecule has 1 amide bonds. The SMILES string of the molecule is Cc1cc(C(=O)Nc2cc(Br)cc(S(C)(=O)=O)c2)cn1C1CCCCC1. The molecular weight excluding hydrogens is 416 g/mol. The van der Waals surface area contributed by atoms with E-state index in [1.807, 2.05) is 19.2 Å². The Morgan fingerprint density at radius 1 is 1.15 bits per heavy atom. The van der Waals surface area contributed by atoms with Crippen LogP contribution in [0.4, 0.5) is 5.69 Å². The number of hydrogen-bond acceptors (Lipinski definition) is 3. The van der Waals surface area contributed by atoms with Crippen LogP contribution in [0.25, 0.3) is 0 Å². The van der Waals surface area contributed by atoms with Gasteiger partial charge >= 0.3 is 0 Å². The molecule has 140 valence electrons. The Morgan fingerprint density at radius 3 is 2.50 bits per heavy atom. The Kier molecular flexibility index (Phi) is 5.58. The monoisotopic (exact) mass is 438 g/mol. The molecule has 2 aromatic rings. The maximum absolute atomic E-state index is 12.6. The Morgan fingerprint density at radius 2 is 1.85 bits per heavy atom. The average molecular weight is 439 g/mol. The molecule has 1 saturated carbocycles. The molecule has 1 aromatic heterocycles. The zero-order chi connectivity index (χ0) is 18.9. The van der Waals surface area contributed by atoms with Crippen molar-refractivity contribution in [2.45, 2.75) is 50.0 Å². The van der Waals surface area contributed by atoms with Gasteiger partial charge < -0.3 is 9.88 Å². The van der Waals surface area contributed by atoms with Gasteiger partial charge in [0.2, 0.25) is 0 Å². The van der Waals surface area contributed by atoms with Gasteiger partial charge in [0.25, 0.3) is 5.91 Å². The van der Waals surface area contributed by atoms with Gasteiger partial charge in [0.15, 0.2) is 9.84 Å². The summed E-state index contributed by atoms with van der Waals surface area (Å²) in [5.41, 5.74) is 2.12. The summed E-state index contributed by atoms with van der Waals surface area (Å²) in [5, 5.41) is 2.81. The van der Waals surface area contributed by atoms with Gasteiger partial charge in [-0.05, 0) is 44.0 Å². The van der Waals surface area contributed by atoms with Gasteiger partial charge in [-0.25, -0.2) is 8.42 Å². The number of sulfone groups is 1. The molecule has 0 bridgehead atoms. The molecule has 1 aliphatic rings. The Balaban J connectivity index is 1.81. The zero-order valence-corrected chi connectivity index (χ0v) is 17.4. The number of nitrogens with zero attached hydrogens (tertiary/aromatic N) is 1. The van der Waals surface area contributed by atoms with Gasteiger partial charge in [-0.1, -0.05) is 35.2 Å². The molecule has 0 saturated heterocycles. The minimum absolute atomic E-state index is 0.165. The lowest BCUT2D eigenvalue weighted by molar-refractivity contribution is 0.102. The zero-order valence-electron chi connectivity index (χ0n) is 15.0. The van der Waals surface area contributed by atoms with Crippen LogP contribution in [0.3, 0.4) is 0 Å². The lowest BCUT2D eigenvalue weighted by atomic mass is 9.95. The van der Waals surface area contributed by atoms with Crippen molar-refractivity contribution < 1.29 is 13.2 Å². The molecule has 0 spiro atoms. The largest absolute Gasteiger partial charge is 0.348 e. The van der Waals surface area contributed by atoms with Crippen molar-refractivity contribution in [1.29, 1.82) is 0 Å². The highest BCUT2D eigenvalue weighted by Crippen LogP contribution is 2.30. The number of benzene rings is 1. The van der Waals surface area contributed by atoms with Gasteiger partial charge in [0.1, 0.15) is 0 Å². The molecule has 3 rings (SSSR count). The van der Waals surface area contributed by atoms with Crippen molar-refractivity contribution in [3.8, 4) is 0 Å². The predicted octanol–water partition coefficient (Wildman–Crippen LogP) is 4.72. The fraction of sp³-hybridized carbons (Fsp3) is 0.421. The predicted molar refractivity (Wildman–Crippen MR) is 106 cm³/mol. The Hall–Kier alpha value is -1.60. The third-order valence-corrected chi connectivity index (χ3v) is 6.39. The van der Waals surface area contributed by atoms with Crippen molar-refractivity contribution in [3.05, 3.63) is 46.2 Å². The summed E-state index contributed by atoms with van der Waals surface area (Å²) in [6.07, 6.45) is 9.12. The highest BCUT2D eigenvalue weighted by molar-refractivity contribution is 9.10. The summed E-state index contributed by atoms with van der Waals surface area (Å²) in [6, 6.07) is 7.04. The number of nitrogens with one attached hydrogen (secondary N) is 1. The Bertz CT molecular complexity index is 928. The van der Waals surface area contributed by atoms with Crippen molar-refractivity contribution in [1.82, 2.24) is 4.57 Å². The fourth-order valence-corrected chi connectivity index (χ4v) is 4.84. The number of amides is 1. The molecule has 0 atom stereocenters. The van der Waals surface area contributed by atoms with Crippen LogP contribution in [0.1, 0.15) is 54.2 Å². The summed E-state index contributed by atoms with van der Waals surface area (Å²) in [6.45, 7) is 2.02. The van der Waals surface area contributed by atoms with Crippen LogP contribution in [0.5, 0.6) is 0 Å². The Labute approximate surface area is 162 Å². The third-order valence-electron chi connectivity index (χ3n) is 4.84. The van der Waals surface area contributed by atoms with Crippen LogP contribution in [0.15, 0.2) is 39.8 Å². The minimum atomic E-state index is -3.35. The minimum Gasteiger partial charge on any atom is -0.348 e. The van der Waals surface area contributed by atoms with Gasteiger partial charge in [0.05, 0.1) is 10.5 Å². The van der Waals surface area contributed by atoms with E-state index in [0.29, 0.717) is 21.8 Å². The highest BCUT2D eigenvalue weighted by atomic mass is 79.9. The fourth-order valence-electron chi connectivity index (χ4n) is 3.52. The molecule has 0 radical (unpaired) electrons. The molecule has 0 aliphatic heterocycles. The highest BCUT2D eigenvalue weighted by Gasteiger charge is 2.19. The van der Waals surface area contributed by atoms with E-state index >= 15 is 0 Å². The van der Waals surface area contributed by atoms with E-state index < -0.39 is 9.84 Å². The van der Waals surface area contributed by atoms with Gasteiger partial charge in [-0.2, -0.15) is 0 Å². The van der Waals surface area contributed by atoms with Gasteiger partial charge in [-0.15, -0.1) is 0 Å². The normalized spacial score (nSPS) is 15.8. The quantitative estimate of drug-likeness (QED) is 0.750. The van der Waals surface area contributed by atoms with Crippen LogP contribution in [-0.2, 0) is 9.84 Å². The average Bonchev–Trinajstić information content (AvgIpc) is 2.96. The lowest BCUT2D eigenvalue weighted by Crippen LogP contribution is -2.14. The van der Waals surface area contributed by atoms with E-state index in [4.69, 9.17) is 0 Å². The maximum Gasteiger partial charge on any atom is 0.257 e. The first kappa shape index (κ1) is 19.2. The van der Waals surface area contributed by atoms with Crippen LogP contribution >= 0.6 is 15.9 Å².